The average molecular weight is 712 g/mol. The van der Waals surface area contributed by atoms with Crippen molar-refractivity contribution >= 4 is 24.6 Å². The van der Waals surface area contributed by atoms with Gasteiger partial charge in [0.25, 0.3) is 0 Å². The number of para-hydroxylation sites is 1. The molecule has 268 valence electrons. The van der Waals surface area contributed by atoms with Crippen LogP contribution in [-0.4, -0.2) is 57.0 Å². The van der Waals surface area contributed by atoms with Gasteiger partial charge in [-0.15, -0.1) is 5.10 Å². The molecule has 0 saturated heterocycles. The van der Waals surface area contributed by atoms with E-state index >= 15 is 0 Å². The maximum Gasteiger partial charge on any atom is 0.379 e. The van der Waals surface area contributed by atoms with Gasteiger partial charge in [-0.25, -0.2) is 9.25 Å². The third-order valence-corrected chi connectivity index (χ3v) is 10.8. The number of carbonyl (C=O) groups is 1. The molecule has 6 rings (SSSR count). The number of rotatable bonds is 12. The van der Waals surface area contributed by atoms with Crippen molar-refractivity contribution < 1.29 is 27.9 Å². The predicted molar refractivity (Wildman–Crippen MR) is 196 cm³/mol. The summed E-state index contributed by atoms with van der Waals surface area (Å²) in [5, 5.41) is 8.70. The highest BCUT2D eigenvalue weighted by atomic mass is 31.2. The van der Waals surface area contributed by atoms with Gasteiger partial charge in [0.2, 0.25) is 6.79 Å². The Kier molecular flexibility index (Phi) is 10.6. The predicted octanol–water partition coefficient (Wildman–Crippen LogP) is 7.73. The third kappa shape index (κ3) is 8.01. The van der Waals surface area contributed by atoms with Gasteiger partial charge in [0.05, 0.1) is 17.6 Å². The minimum absolute atomic E-state index is 0.0543. The van der Waals surface area contributed by atoms with Crippen LogP contribution in [0.2, 0.25) is 0 Å². The summed E-state index contributed by atoms with van der Waals surface area (Å²) in [7, 11) is -1.71. The van der Waals surface area contributed by atoms with Crippen molar-refractivity contribution in [3.8, 4) is 11.5 Å². The molecule has 0 amide bonds. The van der Waals surface area contributed by atoms with Crippen molar-refractivity contribution in [3.05, 3.63) is 113 Å². The highest BCUT2D eigenvalue weighted by molar-refractivity contribution is 7.53. The topological polar surface area (TPSA) is 118 Å². The van der Waals surface area contributed by atoms with E-state index in [1.54, 1.807) is 35.1 Å². The van der Waals surface area contributed by atoms with Crippen LogP contribution in [0.4, 0.5) is 0 Å². The number of pyridine rings is 1. The van der Waals surface area contributed by atoms with E-state index in [1.807, 2.05) is 58.3 Å². The minimum Gasteiger partial charge on any atom is -0.489 e. The normalized spacial score (nSPS) is 16.8. The molecule has 0 aliphatic carbocycles. The Morgan fingerprint density at radius 2 is 1.88 bits per heavy atom. The van der Waals surface area contributed by atoms with Crippen LogP contribution in [0.15, 0.2) is 79.1 Å². The molecule has 11 nitrogen and oxygen atoms in total. The smallest absolute Gasteiger partial charge is 0.379 e. The maximum atomic E-state index is 14.1. The lowest BCUT2D eigenvalue weighted by atomic mass is 9.69. The second kappa shape index (κ2) is 15.0. The number of hydrogen-bond acceptors (Lipinski definition) is 10. The van der Waals surface area contributed by atoms with Crippen molar-refractivity contribution in [2.75, 3.05) is 20.0 Å². The number of carbonyl (C=O) groups excluding carboxylic acids is 1. The van der Waals surface area contributed by atoms with Crippen molar-refractivity contribution in [2.24, 2.45) is 12.5 Å². The van der Waals surface area contributed by atoms with E-state index in [0.717, 1.165) is 63.1 Å². The van der Waals surface area contributed by atoms with Crippen LogP contribution in [0.25, 0.3) is 11.0 Å². The fourth-order valence-electron chi connectivity index (χ4n) is 6.80. The number of benzene rings is 3. The van der Waals surface area contributed by atoms with E-state index < -0.39 is 31.7 Å². The number of nitrogens with zero attached hydrogens (tertiary/aromatic N) is 5. The zero-order valence-electron chi connectivity index (χ0n) is 30.3. The van der Waals surface area contributed by atoms with Gasteiger partial charge in [0, 0.05) is 50.6 Å². The standard InChI is InChI=1S/C39H46N5O6P/c1-8-31-24-44(23-30-21-40-19-18-35(30)49-31)22-29-20-28(15-14-26(29)2)36(33-16-17-34-37(27(33)3)41-42-43(34)6)39(4,5)38(45)47-25-48-51(7,46)50-32-12-10-9-11-13-32/h9-21,31,36H,8,22-25H2,1-7H3/t31-,36+,51?/m1/s1. The fourth-order valence-corrected chi connectivity index (χ4v) is 7.60. The lowest BCUT2D eigenvalue weighted by molar-refractivity contribution is -0.161. The van der Waals surface area contributed by atoms with Crippen LogP contribution in [-0.2, 0) is 38.8 Å². The van der Waals surface area contributed by atoms with Gasteiger partial charge >= 0.3 is 13.6 Å². The summed E-state index contributed by atoms with van der Waals surface area (Å²) in [6, 6.07) is 21.1. The van der Waals surface area contributed by atoms with Crippen LogP contribution in [0.1, 0.15) is 66.5 Å². The Bertz CT molecular complexity index is 2070. The molecule has 12 heteroatoms. The first-order chi connectivity index (χ1) is 24.4. The van der Waals surface area contributed by atoms with E-state index in [9.17, 15) is 9.36 Å². The minimum atomic E-state index is -3.57. The molecule has 1 aliphatic rings. The molecule has 2 aromatic heterocycles. The molecule has 51 heavy (non-hydrogen) atoms. The summed E-state index contributed by atoms with van der Waals surface area (Å²) in [4.78, 5) is 20.8. The second-order valence-electron chi connectivity index (χ2n) is 13.9. The summed E-state index contributed by atoms with van der Waals surface area (Å²) in [6.45, 7) is 13.0. The Labute approximate surface area is 299 Å². The molecular weight excluding hydrogens is 665 g/mol. The summed E-state index contributed by atoms with van der Waals surface area (Å²) >= 11 is 0. The van der Waals surface area contributed by atoms with Crippen LogP contribution in [0.3, 0.4) is 0 Å². The monoisotopic (exact) mass is 711 g/mol. The molecule has 3 heterocycles. The first-order valence-corrected chi connectivity index (χ1v) is 19.2. The molecule has 0 radical (unpaired) electrons. The van der Waals surface area contributed by atoms with Gasteiger partial charge in [-0.1, -0.05) is 54.6 Å². The number of fused-ring (bicyclic) bond motifs is 2. The van der Waals surface area contributed by atoms with E-state index in [2.05, 4.69) is 52.2 Å². The zero-order valence-corrected chi connectivity index (χ0v) is 31.2. The molecular formula is C39H46N5O6P. The van der Waals surface area contributed by atoms with E-state index in [1.165, 1.54) is 6.66 Å². The first-order valence-electron chi connectivity index (χ1n) is 17.2. The average Bonchev–Trinajstić information content (AvgIpc) is 3.38. The molecule has 3 aromatic carbocycles. The van der Waals surface area contributed by atoms with Crippen molar-refractivity contribution in [3.63, 3.8) is 0 Å². The van der Waals surface area contributed by atoms with Crippen molar-refractivity contribution in [1.82, 2.24) is 24.9 Å². The van der Waals surface area contributed by atoms with Gasteiger partial charge in [0.1, 0.15) is 23.1 Å². The van der Waals surface area contributed by atoms with Crippen molar-refractivity contribution in [2.45, 2.75) is 66.2 Å². The van der Waals surface area contributed by atoms with Gasteiger partial charge in [-0.05, 0) is 86.2 Å². The Balaban J connectivity index is 1.31. The zero-order chi connectivity index (χ0) is 36.3. The van der Waals surface area contributed by atoms with E-state index in [-0.39, 0.29) is 6.10 Å². The number of hydrogen-bond donors (Lipinski definition) is 0. The first kappa shape index (κ1) is 36.2. The summed E-state index contributed by atoms with van der Waals surface area (Å²) in [6.07, 6.45) is 4.59. The quantitative estimate of drug-likeness (QED) is 0.0723. The highest BCUT2D eigenvalue weighted by Crippen LogP contribution is 2.47. The lowest BCUT2D eigenvalue weighted by Gasteiger charge is -2.34. The Morgan fingerprint density at radius 1 is 1.10 bits per heavy atom. The Morgan fingerprint density at radius 3 is 2.65 bits per heavy atom. The molecule has 3 atom stereocenters. The van der Waals surface area contributed by atoms with Crippen LogP contribution in [0, 0.1) is 19.3 Å². The highest BCUT2D eigenvalue weighted by Gasteiger charge is 2.42. The van der Waals surface area contributed by atoms with E-state index in [0.29, 0.717) is 18.8 Å². The maximum absolute atomic E-state index is 14.1. The van der Waals surface area contributed by atoms with Crippen LogP contribution >= 0.6 is 7.60 Å². The molecule has 5 aromatic rings. The second-order valence-corrected chi connectivity index (χ2v) is 15.8. The fraction of sp³-hybridized carbons (Fsp3) is 0.385. The third-order valence-electron chi connectivity index (χ3n) is 9.69. The largest absolute Gasteiger partial charge is 0.489 e. The van der Waals surface area contributed by atoms with Gasteiger partial charge in [-0.3, -0.25) is 19.2 Å². The molecule has 0 spiro atoms. The Hall–Kier alpha value is -4.57. The van der Waals surface area contributed by atoms with E-state index in [4.69, 9.17) is 18.5 Å². The molecule has 1 unspecified atom stereocenters. The van der Waals surface area contributed by atoms with Crippen LogP contribution in [0.5, 0.6) is 11.5 Å². The number of esters is 1. The number of aryl methyl sites for hydroxylation is 3. The molecule has 0 saturated carbocycles. The molecule has 0 N–H and O–H groups in total. The van der Waals surface area contributed by atoms with Gasteiger partial charge in [-0.2, -0.15) is 0 Å². The van der Waals surface area contributed by atoms with Crippen LogP contribution < -0.4 is 9.26 Å². The summed E-state index contributed by atoms with van der Waals surface area (Å²) < 4.78 is 37.9. The SMILES string of the molecule is CC[C@@H]1CN(Cc2cc([C@@H](c3ccc4c(nnn4C)c3C)C(C)(C)C(=O)OCOP(C)(=O)Oc3ccccc3)ccc2C)Cc2cnccc2O1. The molecule has 0 bridgehead atoms. The number of ether oxygens (including phenoxy) is 2. The van der Waals surface area contributed by atoms with Gasteiger partial charge in [0.15, 0.2) is 0 Å². The molecule has 0 fully saturated rings. The number of aromatic nitrogens is 4. The van der Waals surface area contributed by atoms with Gasteiger partial charge < -0.3 is 14.0 Å². The van der Waals surface area contributed by atoms with Crippen molar-refractivity contribution in [1.29, 1.82) is 0 Å². The lowest BCUT2D eigenvalue weighted by Crippen LogP contribution is -2.35. The summed E-state index contributed by atoms with van der Waals surface area (Å²) in [5.41, 5.74) is 6.75. The molecule has 1 aliphatic heterocycles. The summed E-state index contributed by atoms with van der Waals surface area (Å²) in [5.74, 6) is 0.340.